The van der Waals surface area contributed by atoms with E-state index >= 15 is 0 Å². The predicted molar refractivity (Wildman–Crippen MR) is 74.5 cm³/mol. The van der Waals surface area contributed by atoms with Gasteiger partial charge in [-0.3, -0.25) is 0 Å². The highest BCUT2D eigenvalue weighted by molar-refractivity contribution is 6.30. The molecule has 0 saturated carbocycles. The van der Waals surface area contributed by atoms with Crippen LogP contribution in [0.5, 0.6) is 0 Å². The first-order chi connectivity index (χ1) is 9.82. The standard InChI is InChI=1S/C13H12ClN3O4/c1-6-9(11(18)19)10(7-3-2-4-8(14)5-7)17(12(15)20)13(21)16-6/h2-5,10H,1H3,(H2,15,20)(H,16,21)(H,18,19)/t10-/m1/s1. The number of rotatable bonds is 2. The van der Waals surface area contributed by atoms with E-state index in [1.165, 1.54) is 13.0 Å². The summed E-state index contributed by atoms with van der Waals surface area (Å²) in [6.45, 7) is 1.44. The summed E-state index contributed by atoms with van der Waals surface area (Å²) < 4.78 is 0. The summed E-state index contributed by atoms with van der Waals surface area (Å²) in [6, 6.07) is 3.28. The molecule has 1 aromatic carbocycles. The Labute approximate surface area is 125 Å². The number of carbonyl (C=O) groups is 3. The van der Waals surface area contributed by atoms with Crippen LogP contribution in [0.1, 0.15) is 18.5 Å². The number of hydrogen-bond donors (Lipinski definition) is 3. The van der Waals surface area contributed by atoms with Gasteiger partial charge < -0.3 is 16.2 Å². The number of imide groups is 1. The number of nitrogens with one attached hydrogen (secondary N) is 1. The molecule has 0 unspecified atom stereocenters. The molecule has 1 aromatic rings. The number of aliphatic carboxylic acids is 1. The van der Waals surface area contributed by atoms with Crippen LogP contribution in [0.15, 0.2) is 35.5 Å². The van der Waals surface area contributed by atoms with Gasteiger partial charge in [0.15, 0.2) is 0 Å². The Hall–Kier alpha value is -2.54. The molecule has 0 fully saturated rings. The van der Waals surface area contributed by atoms with E-state index in [0.29, 0.717) is 15.5 Å². The van der Waals surface area contributed by atoms with Crippen molar-refractivity contribution in [3.05, 3.63) is 46.1 Å². The van der Waals surface area contributed by atoms with Gasteiger partial charge in [0.25, 0.3) is 0 Å². The summed E-state index contributed by atoms with van der Waals surface area (Å²) in [5, 5.41) is 12.0. The van der Waals surface area contributed by atoms with E-state index in [1.807, 2.05) is 0 Å². The molecule has 0 spiro atoms. The molecule has 2 rings (SSSR count). The molecular weight excluding hydrogens is 298 g/mol. The number of carbonyl (C=O) groups excluding carboxylic acids is 2. The summed E-state index contributed by atoms with van der Waals surface area (Å²) in [5.41, 5.74) is 5.60. The average Bonchev–Trinajstić information content (AvgIpc) is 2.36. The maximum atomic E-state index is 11.9. The van der Waals surface area contributed by atoms with E-state index in [9.17, 15) is 19.5 Å². The highest BCUT2D eigenvalue weighted by atomic mass is 35.5. The monoisotopic (exact) mass is 309 g/mol. The lowest BCUT2D eigenvalue weighted by atomic mass is 9.94. The van der Waals surface area contributed by atoms with Crippen molar-refractivity contribution in [1.82, 2.24) is 10.2 Å². The minimum Gasteiger partial charge on any atom is -0.478 e. The molecule has 110 valence electrons. The molecule has 0 radical (unpaired) electrons. The van der Waals surface area contributed by atoms with E-state index in [1.54, 1.807) is 18.2 Å². The Kier molecular flexibility index (Phi) is 3.86. The van der Waals surface area contributed by atoms with Crippen LogP contribution in [-0.4, -0.2) is 28.0 Å². The molecule has 4 amide bonds. The molecule has 0 saturated heterocycles. The molecule has 0 bridgehead atoms. The molecule has 1 heterocycles. The number of carboxylic acid groups (broad SMARTS) is 1. The molecule has 21 heavy (non-hydrogen) atoms. The van der Waals surface area contributed by atoms with Gasteiger partial charge in [0.05, 0.1) is 5.57 Å². The fourth-order valence-corrected chi connectivity index (χ4v) is 2.44. The predicted octanol–water partition coefficient (Wildman–Crippen LogP) is 1.84. The second-order valence-electron chi connectivity index (χ2n) is 4.44. The van der Waals surface area contributed by atoms with Crippen LogP contribution in [0.25, 0.3) is 0 Å². The summed E-state index contributed by atoms with van der Waals surface area (Å²) in [7, 11) is 0. The third-order valence-corrected chi connectivity index (χ3v) is 3.32. The van der Waals surface area contributed by atoms with Gasteiger partial charge in [-0.2, -0.15) is 0 Å². The van der Waals surface area contributed by atoms with Crippen molar-refractivity contribution in [2.24, 2.45) is 5.73 Å². The smallest absolute Gasteiger partial charge is 0.335 e. The van der Waals surface area contributed by atoms with Gasteiger partial charge in [-0.15, -0.1) is 0 Å². The van der Waals surface area contributed by atoms with Crippen LogP contribution in [-0.2, 0) is 4.79 Å². The molecule has 1 atom stereocenters. The Bertz CT molecular complexity index is 671. The zero-order valence-corrected chi connectivity index (χ0v) is 11.7. The number of allylic oxidation sites excluding steroid dienone is 1. The second kappa shape index (κ2) is 5.45. The minimum absolute atomic E-state index is 0.143. The fraction of sp³-hybridized carbons (Fsp3) is 0.154. The molecule has 0 aromatic heterocycles. The van der Waals surface area contributed by atoms with Crippen molar-refractivity contribution >= 4 is 29.6 Å². The van der Waals surface area contributed by atoms with Gasteiger partial charge in [0.2, 0.25) is 0 Å². The molecular formula is C13H12ClN3O4. The summed E-state index contributed by atoms with van der Waals surface area (Å²) in [5.74, 6) is -1.26. The van der Waals surface area contributed by atoms with Crippen molar-refractivity contribution in [3.63, 3.8) is 0 Å². The Morgan fingerprint density at radius 3 is 2.62 bits per heavy atom. The highest BCUT2D eigenvalue weighted by Crippen LogP contribution is 2.34. The number of amides is 4. The van der Waals surface area contributed by atoms with Gasteiger partial charge in [0.1, 0.15) is 6.04 Å². The SMILES string of the molecule is CC1=C(C(=O)O)[C@@H](c2cccc(Cl)c2)N(C(N)=O)C(=O)N1. The molecule has 7 nitrogen and oxygen atoms in total. The number of primary amides is 1. The minimum atomic E-state index is -1.26. The van der Waals surface area contributed by atoms with E-state index in [2.05, 4.69) is 5.32 Å². The highest BCUT2D eigenvalue weighted by Gasteiger charge is 2.40. The number of halogens is 1. The largest absolute Gasteiger partial charge is 0.478 e. The van der Waals surface area contributed by atoms with Crippen molar-refractivity contribution in [3.8, 4) is 0 Å². The third-order valence-electron chi connectivity index (χ3n) is 3.08. The molecule has 4 N–H and O–H groups in total. The molecule has 1 aliphatic rings. The van der Waals surface area contributed by atoms with Gasteiger partial charge >= 0.3 is 18.0 Å². The van der Waals surface area contributed by atoms with Crippen LogP contribution >= 0.6 is 11.6 Å². The van der Waals surface area contributed by atoms with Crippen molar-refractivity contribution < 1.29 is 19.5 Å². The Balaban J connectivity index is 2.67. The lowest BCUT2D eigenvalue weighted by Gasteiger charge is -2.34. The van der Waals surface area contributed by atoms with Gasteiger partial charge in [-0.1, -0.05) is 23.7 Å². The number of nitrogens with zero attached hydrogens (tertiary/aromatic N) is 1. The van der Waals surface area contributed by atoms with Crippen LogP contribution in [0, 0.1) is 0 Å². The van der Waals surface area contributed by atoms with E-state index < -0.39 is 24.1 Å². The first kappa shape index (κ1) is 14.9. The summed E-state index contributed by atoms with van der Waals surface area (Å²) >= 11 is 5.89. The quantitative estimate of drug-likeness (QED) is 0.773. The zero-order chi connectivity index (χ0) is 15.7. The van der Waals surface area contributed by atoms with Crippen molar-refractivity contribution in [1.29, 1.82) is 0 Å². The van der Waals surface area contributed by atoms with Crippen LogP contribution in [0.2, 0.25) is 5.02 Å². The Morgan fingerprint density at radius 1 is 1.43 bits per heavy atom. The number of urea groups is 2. The van der Waals surface area contributed by atoms with Crippen molar-refractivity contribution in [2.45, 2.75) is 13.0 Å². The van der Waals surface area contributed by atoms with Gasteiger partial charge in [-0.25, -0.2) is 19.3 Å². The first-order valence-corrected chi connectivity index (χ1v) is 6.30. The maximum absolute atomic E-state index is 11.9. The molecule has 8 heteroatoms. The first-order valence-electron chi connectivity index (χ1n) is 5.92. The van der Waals surface area contributed by atoms with E-state index in [0.717, 1.165) is 0 Å². The van der Waals surface area contributed by atoms with Crippen LogP contribution in [0.4, 0.5) is 9.59 Å². The van der Waals surface area contributed by atoms with Crippen LogP contribution < -0.4 is 11.1 Å². The Morgan fingerprint density at radius 2 is 2.10 bits per heavy atom. The molecule has 1 aliphatic heterocycles. The topological polar surface area (TPSA) is 113 Å². The maximum Gasteiger partial charge on any atom is 0.335 e. The fourth-order valence-electron chi connectivity index (χ4n) is 2.24. The zero-order valence-electron chi connectivity index (χ0n) is 11.0. The number of benzene rings is 1. The van der Waals surface area contributed by atoms with E-state index in [-0.39, 0.29) is 11.3 Å². The van der Waals surface area contributed by atoms with Gasteiger partial charge in [-0.05, 0) is 24.6 Å². The second-order valence-corrected chi connectivity index (χ2v) is 4.88. The lowest BCUT2D eigenvalue weighted by molar-refractivity contribution is -0.133. The number of carboxylic acids is 1. The lowest BCUT2D eigenvalue weighted by Crippen LogP contribution is -2.53. The third kappa shape index (κ3) is 2.68. The molecule has 0 aliphatic carbocycles. The average molecular weight is 310 g/mol. The van der Waals surface area contributed by atoms with Crippen LogP contribution in [0.3, 0.4) is 0 Å². The normalized spacial score (nSPS) is 18.5. The van der Waals surface area contributed by atoms with Gasteiger partial charge in [0, 0.05) is 10.7 Å². The van der Waals surface area contributed by atoms with Crippen molar-refractivity contribution in [2.75, 3.05) is 0 Å². The summed E-state index contributed by atoms with van der Waals surface area (Å²) in [4.78, 5) is 35.6. The number of nitrogens with two attached hydrogens (primary N) is 1. The summed E-state index contributed by atoms with van der Waals surface area (Å²) in [6.07, 6.45) is 0. The van der Waals surface area contributed by atoms with E-state index in [4.69, 9.17) is 17.3 Å². The number of hydrogen-bond acceptors (Lipinski definition) is 3.